The van der Waals surface area contributed by atoms with E-state index in [0.29, 0.717) is 5.56 Å². The molecule has 0 saturated heterocycles. The highest BCUT2D eigenvalue weighted by atomic mass is 16.4. The number of nitrogens with zero attached hydrogens (tertiary/aromatic N) is 1. The molecule has 5 nitrogen and oxygen atoms in total. The summed E-state index contributed by atoms with van der Waals surface area (Å²) in [6, 6.07) is 17.6. The summed E-state index contributed by atoms with van der Waals surface area (Å²) in [6.07, 6.45) is -0.0789. The average molecular weight is 326 g/mol. The van der Waals surface area contributed by atoms with Crippen molar-refractivity contribution in [3.8, 4) is 0 Å². The summed E-state index contributed by atoms with van der Waals surface area (Å²) in [5, 5.41) is 11.2. The summed E-state index contributed by atoms with van der Waals surface area (Å²) in [6.45, 7) is 3.89. The third-order valence-electron chi connectivity index (χ3n) is 3.72. The molecule has 0 radical (unpaired) electrons. The second kappa shape index (κ2) is 8.72. The molecule has 5 heteroatoms. The molecule has 126 valence electrons. The average Bonchev–Trinajstić information content (AvgIpc) is 2.60. The first-order valence-electron chi connectivity index (χ1n) is 7.99. The second-order valence-corrected chi connectivity index (χ2v) is 5.45. The Bertz CT molecular complexity index is 669. The van der Waals surface area contributed by atoms with Gasteiger partial charge in [-0.15, -0.1) is 0 Å². The number of rotatable bonds is 8. The fourth-order valence-electron chi connectivity index (χ4n) is 2.40. The van der Waals surface area contributed by atoms with Crippen LogP contribution in [0.4, 0.5) is 5.69 Å². The Morgan fingerprint density at radius 2 is 1.71 bits per heavy atom. The van der Waals surface area contributed by atoms with Crippen LogP contribution in [0.15, 0.2) is 54.6 Å². The minimum absolute atomic E-state index is 0.0789. The molecule has 0 bridgehead atoms. The molecule has 2 aromatic carbocycles. The Labute approximate surface area is 141 Å². The monoisotopic (exact) mass is 326 g/mol. The lowest BCUT2D eigenvalue weighted by Gasteiger charge is -2.23. The maximum absolute atomic E-state index is 12.0. The molecule has 0 atom stereocenters. The van der Waals surface area contributed by atoms with E-state index in [1.165, 1.54) is 5.56 Å². The van der Waals surface area contributed by atoms with E-state index in [4.69, 9.17) is 5.11 Å². The largest absolute Gasteiger partial charge is 0.481 e. The normalized spacial score (nSPS) is 10.2. The number of hydrogen-bond acceptors (Lipinski definition) is 3. The summed E-state index contributed by atoms with van der Waals surface area (Å²) >= 11 is 0. The third-order valence-corrected chi connectivity index (χ3v) is 3.72. The SMILES string of the molecule is CCN(Cc1ccccc1)c1ccc(C(=O)NCCC(=O)O)cc1. The topological polar surface area (TPSA) is 69.6 Å². The fraction of sp³-hybridized carbons (Fsp3) is 0.263. The van der Waals surface area contributed by atoms with Gasteiger partial charge in [0.15, 0.2) is 0 Å². The van der Waals surface area contributed by atoms with E-state index < -0.39 is 5.97 Å². The van der Waals surface area contributed by atoms with Crippen LogP contribution in [0, 0.1) is 0 Å². The molecule has 1 amide bonds. The molecular formula is C19H22N2O3. The van der Waals surface area contributed by atoms with Crippen LogP contribution in [-0.2, 0) is 11.3 Å². The summed E-state index contributed by atoms with van der Waals surface area (Å²) < 4.78 is 0. The first-order chi connectivity index (χ1) is 11.6. The van der Waals surface area contributed by atoms with Crippen molar-refractivity contribution in [3.05, 3.63) is 65.7 Å². The molecule has 0 unspecified atom stereocenters. The van der Waals surface area contributed by atoms with Crippen LogP contribution in [0.5, 0.6) is 0 Å². The number of carboxylic acids is 1. The molecule has 0 aliphatic rings. The molecule has 2 rings (SSSR count). The van der Waals surface area contributed by atoms with Crippen LogP contribution >= 0.6 is 0 Å². The molecule has 0 aromatic heterocycles. The summed E-state index contributed by atoms with van der Waals surface area (Å²) in [5.74, 6) is -1.18. The zero-order chi connectivity index (χ0) is 17.4. The van der Waals surface area contributed by atoms with Crippen LogP contribution in [0.2, 0.25) is 0 Å². The van der Waals surface area contributed by atoms with Crippen molar-refractivity contribution in [1.29, 1.82) is 0 Å². The summed E-state index contributed by atoms with van der Waals surface area (Å²) in [5.41, 5.74) is 2.80. The van der Waals surface area contributed by atoms with Crippen LogP contribution in [0.25, 0.3) is 0 Å². The molecule has 0 heterocycles. The molecular weight excluding hydrogens is 304 g/mol. The predicted molar refractivity (Wildman–Crippen MR) is 94.2 cm³/mol. The highest BCUT2D eigenvalue weighted by molar-refractivity contribution is 5.94. The van der Waals surface area contributed by atoms with Crippen molar-refractivity contribution >= 4 is 17.6 Å². The number of nitrogens with one attached hydrogen (secondary N) is 1. The zero-order valence-electron chi connectivity index (χ0n) is 13.7. The molecule has 0 fully saturated rings. The lowest BCUT2D eigenvalue weighted by atomic mass is 10.1. The highest BCUT2D eigenvalue weighted by Gasteiger charge is 2.09. The Hall–Kier alpha value is -2.82. The molecule has 24 heavy (non-hydrogen) atoms. The van der Waals surface area contributed by atoms with Gasteiger partial charge in [0, 0.05) is 30.9 Å². The first kappa shape index (κ1) is 17.5. The minimum atomic E-state index is -0.926. The van der Waals surface area contributed by atoms with Gasteiger partial charge in [-0.05, 0) is 36.8 Å². The van der Waals surface area contributed by atoms with Crippen LogP contribution in [0.3, 0.4) is 0 Å². The van der Waals surface area contributed by atoms with Crippen molar-refractivity contribution < 1.29 is 14.7 Å². The van der Waals surface area contributed by atoms with Gasteiger partial charge in [0.1, 0.15) is 0 Å². The van der Waals surface area contributed by atoms with E-state index in [9.17, 15) is 9.59 Å². The second-order valence-electron chi connectivity index (χ2n) is 5.45. The fourth-order valence-corrected chi connectivity index (χ4v) is 2.40. The first-order valence-corrected chi connectivity index (χ1v) is 7.99. The standard InChI is InChI=1S/C19H22N2O3/c1-2-21(14-15-6-4-3-5-7-15)17-10-8-16(9-11-17)19(24)20-13-12-18(22)23/h3-11H,2,12-14H2,1H3,(H,20,24)(H,22,23). The molecule has 0 saturated carbocycles. The molecule has 2 N–H and O–H groups in total. The maximum Gasteiger partial charge on any atom is 0.305 e. The smallest absolute Gasteiger partial charge is 0.305 e. The summed E-state index contributed by atoms with van der Waals surface area (Å²) in [7, 11) is 0. The quantitative estimate of drug-likeness (QED) is 0.782. The van der Waals surface area contributed by atoms with Crippen LogP contribution < -0.4 is 10.2 Å². The van der Waals surface area contributed by atoms with Gasteiger partial charge in [0.05, 0.1) is 6.42 Å². The van der Waals surface area contributed by atoms with Gasteiger partial charge < -0.3 is 15.3 Å². The van der Waals surface area contributed by atoms with E-state index in [1.807, 2.05) is 30.3 Å². The maximum atomic E-state index is 12.0. The Kier molecular flexibility index (Phi) is 6.37. The van der Waals surface area contributed by atoms with Crippen molar-refractivity contribution in [3.63, 3.8) is 0 Å². The van der Waals surface area contributed by atoms with Crippen molar-refractivity contribution in [2.24, 2.45) is 0 Å². The number of anilines is 1. The van der Waals surface area contributed by atoms with Crippen LogP contribution in [-0.4, -0.2) is 30.1 Å². The Morgan fingerprint density at radius 3 is 2.29 bits per heavy atom. The lowest BCUT2D eigenvalue weighted by Crippen LogP contribution is -2.26. The highest BCUT2D eigenvalue weighted by Crippen LogP contribution is 2.18. The van der Waals surface area contributed by atoms with Crippen molar-refractivity contribution in [2.75, 3.05) is 18.0 Å². The molecule has 0 spiro atoms. The number of aliphatic carboxylic acids is 1. The number of carboxylic acid groups (broad SMARTS) is 1. The lowest BCUT2D eigenvalue weighted by molar-refractivity contribution is -0.136. The van der Waals surface area contributed by atoms with Crippen LogP contribution in [0.1, 0.15) is 29.3 Å². The number of carbonyl (C=O) groups is 2. The predicted octanol–water partition coefficient (Wildman–Crippen LogP) is 2.92. The zero-order valence-corrected chi connectivity index (χ0v) is 13.7. The van der Waals surface area contributed by atoms with Gasteiger partial charge in [0.25, 0.3) is 5.91 Å². The van der Waals surface area contributed by atoms with E-state index in [1.54, 1.807) is 12.1 Å². The minimum Gasteiger partial charge on any atom is -0.481 e. The number of hydrogen-bond donors (Lipinski definition) is 2. The van der Waals surface area contributed by atoms with Gasteiger partial charge in [0.2, 0.25) is 0 Å². The van der Waals surface area contributed by atoms with Crippen molar-refractivity contribution in [2.45, 2.75) is 19.9 Å². The van der Waals surface area contributed by atoms with Gasteiger partial charge in [-0.2, -0.15) is 0 Å². The van der Waals surface area contributed by atoms with Gasteiger partial charge in [-0.1, -0.05) is 30.3 Å². The van der Waals surface area contributed by atoms with E-state index in [-0.39, 0.29) is 18.9 Å². The van der Waals surface area contributed by atoms with E-state index in [2.05, 4.69) is 29.3 Å². The molecule has 2 aromatic rings. The Morgan fingerprint density at radius 1 is 1.04 bits per heavy atom. The third kappa shape index (κ3) is 5.12. The number of benzene rings is 2. The van der Waals surface area contributed by atoms with Gasteiger partial charge >= 0.3 is 5.97 Å². The van der Waals surface area contributed by atoms with Gasteiger partial charge in [-0.25, -0.2) is 0 Å². The van der Waals surface area contributed by atoms with Crippen molar-refractivity contribution in [1.82, 2.24) is 5.32 Å². The Balaban J connectivity index is 1.99. The number of carbonyl (C=O) groups excluding carboxylic acids is 1. The molecule has 0 aliphatic heterocycles. The van der Waals surface area contributed by atoms with E-state index in [0.717, 1.165) is 18.8 Å². The van der Waals surface area contributed by atoms with Gasteiger partial charge in [-0.3, -0.25) is 9.59 Å². The summed E-state index contributed by atoms with van der Waals surface area (Å²) in [4.78, 5) is 24.6. The number of amides is 1. The molecule has 0 aliphatic carbocycles. The van der Waals surface area contributed by atoms with E-state index >= 15 is 0 Å².